The van der Waals surface area contributed by atoms with Crippen LogP contribution in [0.2, 0.25) is 0 Å². The number of aliphatic hydroxyl groups excluding tert-OH is 1. The highest BCUT2D eigenvalue weighted by Crippen LogP contribution is 2.40. The van der Waals surface area contributed by atoms with Gasteiger partial charge in [0.05, 0.1) is 28.8 Å². The molecule has 0 fully saturated rings. The van der Waals surface area contributed by atoms with Crippen molar-refractivity contribution in [2.75, 3.05) is 13.7 Å². The minimum Gasteiger partial charge on any atom is -0.506 e. The fourth-order valence-electron chi connectivity index (χ4n) is 2.54. The molecule has 144 valence electrons. The molecule has 2 aromatic rings. The fourth-order valence-corrected chi connectivity index (χ4v) is 4.13. The quantitative estimate of drug-likeness (QED) is 0.584. The van der Waals surface area contributed by atoms with Gasteiger partial charge in [-0.15, -0.1) is 0 Å². The average Bonchev–Trinajstić information content (AvgIpc) is 2.98. The molecule has 0 amide bonds. The zero-order valence-corrected chi connectivity index (χ0v) is 17.7. The van der Waals surface area contributed by atoms with Crippen molar-refractivity contribution in [3.8, 4) is 5.75 Å². The van der Waals surface area contributed by atoms with Gasteiger partial charge in [-0.3, -0.25) is 0 Å². The molecular weight excluding hydrogens is 442 g/mol. The van der Waals surface area contributed by atoms with Crippen molar-refractivity contribution in [2.45, 2.75) is 6.92 Å². The van der Waals surface area contributed by atoms with Crippen molar-refractivity contribution >= 4 is 50.5 Å². The molecule has 28 heavy (non-hydrogen) atoms. The molecule has 0 spiro atoms. The summed E-state index contributed by atoms with van der Waals surface area (Å²) >= 11 is 4.68. The standard InChI is InChI=1S/C21H18BrNO4S/c1-3-27-21(25)18-19(24)17(12-13-9-10-16(26-2)15(22)11-13)28-20(18)23-14-7-5-4-6-8-14/h4-12,24H,3H2,1-2H3/b17-12-,23-20?. The summed E-state index contributed by atoms with van der Waals surface area (Å²) in [6.45, 7) is 1.93. The van der Waals surface area contributed by atoms with Crippen molar-refractivity contribution in [3.63, 3.8) is 0 Å². The molecule has 0 bridgehead atoms. The average molecular weight is 460 g/mol. The number of aliphatic imine (C=N–C) groups is 1. The van der Waals surface area contributed by atoms with Crippen LogP contribution in [0.5, 0.6) is 5.75 Å². The van der Waals surface area contributed by atoms with Crippen LogP contribution in [0.25, 0.3) is 6.08 Å². The Labute approximate surface area is 175 Å². The first-order chi connectivity index (χ1) is 13.5. The third-order valence-corrected chi connectivity index (χ3v) is 5.47. The van der Waals surface area contributed by atoms with E-state index in [-0.39, 0.29) is 17.9 Å². The molecule has 1 aliphatic heterocycles. The number of halogens is 1. The summed E-state index contributed by atoms with van der Waals surface area (Å²) in [5, 5.41) is 11.1. The van der Waals surface area contributed by atoms with E-state index in [1.165, 1.54) is 11.8 Å². The normalized spacial score (nSPS) is 16.7. The lowest BCUT2D eigenvalue weighted by molar-refractivity contribution is -0.138. The maximum absolute atomic E-state index is 12.4. The van der Waals surface area contributed by atoms with Gasteiger partial charge in [0.15, 0.2) is 0 Å². The number of ether oxygens (including phenoxy) is 2. The number of hydrogen-bond acceptors (Lipinski definition) is 6. The number of carbonyl (C=O) groups is 1. The summed E-state index contributed by atoms with van der Waals surface area (Å²) < 4.78 is 11.1. The SMILES string of the molecule is CCOC(=O)C1=C(O)/C(=C/c2ccc(OC)c(Br)c2)SC1=Nc1ccccc1. The van der Waals surface area contributed by atoms with E-state index < -0.39 is 5.97 Å². The van der Waals surface area contributed by atoms with Crippen LogP contribution in [0.3, 0.4) is 0 Å². The Balaban J connectivity index is 2.02. The molecule has 1 heterocycles. The summed E-state index contributed by atoms with van der Waals surface area (Å²) in [4.78, 5) is 17.5. The van der Waals surface area contributed by atoms with Gasteiger partial charge in [0.1, 0.15) is 22.1 Å². The van der Waals surface area contributed by atoms with Gasteiger partial charge in [-0.05, 0) is 58.8 Å². The monoisotopic (exact) mass is 459 g/mol. The first kappa shape index (κ1) is 20.2. The third kappa shape index (κ3) is 4.48. The number of hydrogen-bond donors (Lipinski definition) is 1. The number of rotatable bonds is 5. The Kier molecular flexibility index (Phi) is 6.59. The lowest BCUT2D eigenvalue weighted by Gasteiger charge is -2.04. The number of methoxy groups -OCH3 is 1. The Hall–Kier alpha value is -2.51. The number of benzene rings is 2. The predicted molar refractivity (Wildman–Crippen MR) is 116 cm³/mol. The molecule has 0 unspecified atom stereocenters. The molecule has 2 aromatic carbocycles. The van der Waals surface area contributed by atoms with E-state index in [0.29, 0.717) is 21.4 Å². The van der Waals surface area contributed by atoms with Gasteiger partial charge >= 0.3 is 5.97 Å². The van der Waals surface area contributed by atoms with Crippen molar-refractivity contribution in [2.24, 2.45) is 4.99 Å². The number of esters is 1. The largest absolute Gasteiger partial charge is 0.506 e. The first-order valence-corrected chi connectivity index (χ1v) is 10.1. The molecule has 0 aromatic heterocycles. The van der Waals surface area contributed by atoms with Crippen molar-refractivity contribution in [1.82, 2.24) is 0 Å². The molecule has 1 N–H and O–H groups in total. The van der Waals surface area contributed by atoms with Crippen LogP contribution in [0.4, 0.5) is 5.69 Å². The molecule has 7 heteroatoms. The van der Waals surface area contributed by atoms with Gasteiger partial charge in [0.25, 0.3) is 0 Å². The fraction of sp³-hybridized carbons (Fsp3) is 0.143. The Morgan fingerprint density at radius 1 is 1.25 bits per heavy atom. The van der Waals surface area contributed by atoms with E-state index >= 15 is 0 Å². The summed E-state index contributed by atoms with van der Waals surface area (Å²) in [6, 6.07) is 14.8. The van der Waals surface area contributed by atoms with E-state index in [2.05, 4.69) is 20.9 Å². The molecule has 0 radical (unpaired) electrons. The lowest BCUT2D eigenvalue weighted by atomic mass is 10.1. The number of thioether (sulfide) groups is 1. The number of aliphatic hydroxyl groups is 1. The van der Waals surface area contributed by atoms with Crippen LogP contribution < -0.4 is 4.74 Å². The van der Waals surface area contributed by atoms with Gasteiger partial charge in [-0.25, -0.2) is 9.79 Å². The number of nitrogens with zero attached hydrogens (tertiary/aromatic N) is 1. The van der Waals surface area contributed by atoms with Gasteiger partial charge < -0.3 is 14.6 Å². The van der Waals surface area contributed by atoms with Gasteiger partial charge in [0.2, 0.25) is 0 Å². The van der Waals surface area contributed by atoms with Crippen LogP contribution in [0.15, 0.2) is 74.2 Å². The van der Waals surface area contributed by atoms with Crippen molar-refractivity contribution < 1.29 is 19.4 Å². The summed E-state index contributed by atoms with van der Waals surface area (Å²) in [7, 11) is 1.59. The first-order valence-electron chi connectivity index (χ1n) is 8.51. The second-order valence-electron chi connectivity index (χ2n) is 5.70. The van der Waals surface area contributed by atoms with Crippen LogP contribution in [0, 0.1) is 0 Å². The van der Waals surface area contributed by atoms with E-state index in [9.17, 15) is 9.90 Å². The predicted octanol–water partition coefficient (Wildman–Crippen LogP) is 5.65. The molecule has 0 saturated heterocycles. The number of carbonyl (C=O) groups excluding carboxylic acids is 1. The third-order valence-electron chi connectivity index (χ3n) is 3.83. The van der Waals surface area contributed by atoms with Crippen molar-refractivity contribution in [3.05, 3.63) is 74.8 Å². The zero-order valence-electron chi connectivity index (χ0n) is 15.3. The minimum absolute atomic E-state index is 0.0783. The van der Waals surface area contributed by atoms with Crippen LogP contribution >= 0.6 is 27.7 Å². The molecule has 5 nitrogen and oxygen atoms in total. The Bertz CT molecular complexity index is 983. The Morgan fingerprint density at radius 2 is 2.00 bits per heavy atom. The maximum atomic E-state index is 12.4. The molecule has 1 aliphatic rings. The smallest absolute Gasteiger partial charge is 0.344 e. The summed E-state index contributed by atoms with van der Waals surface area (Å²) in [5.41, 5.74) is 1.61. The summed E-state index contributed by atoms with van der Waals surface area (Å²) in [6.07, 6.45) is 1.79. The highest BCUT2D eigenvalue weighted by Gasteiger charge is 2.33. The van der Waals surface area contributed by atoms with Crippen molar-refractivity contribution in [1.29, 1.82) is 0 Å². The van der Waals surface area contributed by atoms with Gasteiger partial charge in [-0.2, -0.15) is 0 Å². The second-order valence-corrected chi connectivity index (χ2v) is 7.59. The van der Waals surface area contributed by atoms with E-state index in [1.54, 1.807) is 20.1 Å². The molecule has 0 saturated carbocycles. The van der Waals surface area contributed by atoms with Crippen LogP contribution in [-0.2, 0) is 9.53 Å². The van der Waals surface area contributed by atoms with Gasteiger partial charge in [-0.1, -0.05) is 36.0 Å². The zero-order chi connectivity index (χ0) is 20.1. The van der Waals surface area contributed by atoms with E-state index in [0.717, 1.165) is 10.0 Å². The Morgan fingerprint density at radius 3 is 2.64 bits per heavy atom. The molecule has 3 rings (SSSR count). The van der Waals surface area contributed by atoms with E-state index in [4.69, 9.17) is 9.47 Å². The highest BCUT2D eigenvalue weighted by atomic mass is 79.9. The maximum Gasteiger partial charge on any atom is 0.344 e. The minimum atomic E-state index is -0.596. The van der Waals surface area contributed by atoms with Crippen LogP contribution in [-0.4, -0.2) is 29.8 Å². The van der Waals surface area contributed by atoms with Gasteiger partial charge in [0, 0.05) is 0 Å². The lowest BCUT2D eigenvalue weighted by Crippen LogP contribution is -2.12. The second kappa shape index (κ2) is 9.12. The molecule has 0 atom stereocenters. The molecular formula is C21H18BrNO4S. The topological polar surface area (TPSA) is 68.1 Å². The van der Waals surface area contributed by atoms with E-state index in [1.807, 2.05) is 48.5 Å². The number of para-hydroxylation sites is 1. The molecule has 0 aliphatic carbocycles. The van der Waals surface area contributed by atoms with Crippen LogP contribution in [0.1, 0.15) is 12.5 Å². The highest BCUT2D eigenvalue weighted by molar-refractivity contribution is 9.10. The summed E-state index contributed by atoms with van der Waals surface area (Å²) in [5.74, 6) is -0.0221.